The fourth-order valence-electron chi connectivity index (χ4n) is 2.04. The molecule has 0 heterocycles. The maximum atomic E-state index is 12.0. The largest absolute Gasteiger partial charge is 0.496 e. The lowest BCUT2D eigenvalue weighted by atomic mass is 9.99. The number of carbonyl (C=O) groups is 1. The summed E-state index contributed by atoms with van der Waals surface area (Å²) in [5.74, 6) is -0.964. The minimum atomic E-state index is -1.36. The molecule has 1 aliphatic carbocycles. The second-order valence-corrected chi connectivity index (χ2v) is 4.69. The van der Waals surface area contributed by atoms with Gasteiger partial charge in [-0.2, -0.15) is 0 Å². The molecule has 1 atom stereocenters. The van der Waals surface area contributed by atoms with Crippen molar-refractivity contribution in [3.8, 4) is 0 Å². The summed E-state index contributed by atoms with van der Waals surface area (Å²) < 4.78 is 10.2. The van der Waals surface area contributed by atoms with E-state index in [-0.39, 0.29) is 5.78 Å². The van der Waals surface area contributed by atoms with Crippen molar-refractivity contribution in [2.24, 2.45) is 0 Å². The molecular formula is C17H18O4. The van der Waals surface area contributed by atoms with Gasteiger partial charge < -0.3 is 14.6 Å². The van der Waals surface area contributed by atoms with Gasteiger partial charge in [0.2, 0.25) is 0 Å². The van der Waals surface area contributed by atoms with E-state index in [1.807, 2.05) is 18.2 Å². The summed E-state index contributed by atoms with van der Waals surface area (Å²) >= 11 is 0. The molecule has 0 spiro atoms. The predicted octanol–water partition coefficient (Wildman–Crippen LogP) is 2.62. The quantitative estimate of drug-likeness (QED) is 0.513. The van der Waals surface area contributed by atoms with Crippen molar-refractivity contribution in [1.29, 1.82) is 0 Å². The standard InChI is InChI=1S/C17H18O4/c1-20-16-12-17(19,21-2)11-10-14(16)8-9-15(18)13-6-4-3-5-7-13/h3-10,12,19H,11H2,1-2H3. The van der Waals surface area contributed by atoms with E-state index in [1.54, 1.807) is 24.3 Å². The molecule has 1 aromatic carbocycles. The van der Waals surface area contributed by atoms with Crippen LogP contribution < -0.4 is 0 Å². The molecule has 1 aliphatic rings. The van der Waals surface area contributed by atoms with Crippen LogP contribution in [0, 0.1) is 0 Å². The Balaban J connectivity index is 2.15. The van der Waals surface area contributed by atoms with Crippen LogP contribution >= 0.6 is 0 Å². The zero-order valence-corrected chi connectivity index (χ0v) is 12.1. The molecule has 0 aromatic heterocycles. The van der Waals surface area contributed by atoms with Gasteiger partial charge in [0.15, 0.2) is 11.6 Å². The second-order valence-electron chi connectivity index (χ2n) is 4.69. The molecule has 0 saturated heterocycles. The van der Waals surface area contributed by atoms with Crippen LogP contribution in [0.15, 0.2) is 66.0 Å². The van der Waals surface area contributed by atoms with Crippen molar-refractivity contribution in [3.63, 3.8) is 0 Å². The second kappa shape index (κ2) is 6.52. The molecule has 0 radical (unpaired) electrons. The number of carbonyl (C=O) groups excluding carboxylic acids is 1. The molecule has 4 nitrogen and oxygen atoms in total. The summed E-state index contributed by atoms with van der Waals surface area (Å²) in [6.07, 6.45) is 6.75. The van der Waals surface area contributed by atoms with Crippen LogP contribution in [0.25, 0.3) is 0 Å². The maximum absolute atomic E-state index is 12.0. The summed E-state index contributed by atoms with van der Waals surface area (Å²) in [6.45, 7) is 0. The Morgan fingerprint density at radius 2 is 2.00 bits per heavy atom. The number of methoxy groups -OCH3 is 2. The van der Waals surface area contributed by atoms with Crippen LogP contribution in [-0.4, -0.2) is 30.9 Å². The zero-order chi connectivity index (χ0) is 15.3. The summed E-state index contributed by atoms with van der Waals surface area (Å²) in [4.78, 5) is 12.0. The van der Waals surface area contributed by atoms with E-state index in [0.717, 1.165) is 5.57 Å². The number of aliphatic hydroxyl groups is 1. The van der Waals surface area contributed by atoms with Crippen molar-refractivity contribution < 1.29 is 19.4 Å². The van der Waals surface area contributed by atoms with E-state index in [1.165, 1.54) is 26.4 Å². The van der Waals surface area contributed by atoms with E-state index >= 15 is 0 Å². The number of rotatable bonds is 5. The van der Waals surface area contributed by atoms with Crippen LogP contribution in [0.2, 0.25) is 0 Å². The lowest BCUT2D eigenvalue weighted by molar-refractivity contribution is -0.145. The molecule has 0 bridgehead atoms. The summed E-state index contributed by atoms with van der Waals surface area (Å²) in [5, 5.41) is 10.0. The van der Waals surface area contributed by atoms with Crippen LogP contribution in [0.3, 0.4) is 0 Å². The topological polar surface area (TPSA) is 55.8 Å². The average Bonchev–Trinajstić information content (AvgIpc) is 2.54. The van der Waals surface area contributed by atoms with Crippen molar-refractivity contribution in [2.75, 3.05) is 14.2 Å². The first kappa shape index (κ1) is 15.2. The van der Waals surface area contributed by atoms with Crippen molar-refractivity contribution in [1.82, 2.24) is 0 Å². The minimum absolute atomic E-state index is 0.0838. The number of allylic oxidation sites excluding steroid dienone is 2. The fourth-order valence-corrected chi connectivity index (χ4v) is 2.04. The third-order valence-corrected chi connectivity index (χ3v) is 3.30. The summed E-state index contributed by atoms with van der Waals surface area (Å²) in [7, 11) is 2.94. The van der Waals surface area contributed by atoms with E-state index < -0.39 is 5.79 Å². The summed E-state index contributed by atoms with van der Waals surface area (Å²) in [6, 6.07) is 9.03. The molecule has 0 fully saturated rings. The van der Waals surface area contributed by atoms with E-state index in [9.17, 15) is 9.90 Å². The Hall–Kier alpha value is -2.17. The Morgan fingerprint density at radius 1 is 1.29 bits per heavy atom. The van der Waals surface area contributed by atoms with Crippen LogP contribution in [0.5, 0.6) is 0 Å². The Kier molecular flexibility index (Phi) is 4.73. The number of hydrogen-bond acceptors (Lipinski definition) is 4. The van der Waals surface area contributed by atoms with E-state index in [2.05, 4.69) is 0 Å². The summed E-state index contributed by atoms with van der Waals surface area (Å²) in [5.41, 5.74) is 1.37. The zero-order valence-electron chi connectivity index (χ0n) is 12.1. The highest BCUT2D eigenvalue weighted by Gasteiger charge is 2.28. The number of ether oxygens (including phenoxy) is 2. The molecule has 1 unspecified atom stereocenters. The lowest BCUT2D eigenvalue weighted by Crippen LogP contribution is -2.30. The molecule has 4 heteroatoms. The highest BCUT2D eigenvalue weighted by molar-refractivity contribution is 6.04. The molecule has 1 N–H and O–H groups in total. The van der Waals surface area contributed by atoms with Gasteiger partial charge in [-0.1, -0.05) is 36.4 Å². The van der Waals surface area contributed by atoms with Crippen molar-refractivity contribution >= 4 is 5.78 Å². The van der Waals surface area contributed by atoms with Gasteiger partial charge in [0, 0.05) is 30.7 Å². The molecule has 2 rings (SSSR count). The van der Waals surface area contributed by atoms with Gasteiger partial charge in [-0.15, -0.1) is 0 Å². The van der Waals surface area contributed by atoms with Gasteiger partial charge in [0.1, 0.15) is 5.76 Å². The van der Waals surface area contributed by atoms with Gasteiger partial charge in [0.25, 0.3) is 0 Å². The first-order chi connectivity index (χ1) is 10.1. The third-order valence-electron chi connectivity index (χ3n) is 3.30. The molecule has 0 aliphatic heterocycles. The average molecular weight is 286 g/mol. The molecule has 0 amide bonds. The fraction of sp³-hybridized carbons (Fsp3) is 0.235. The first-order valence-electron chi connectivity index (χ1n) is 6.60. The monoisotopic (exact) mass is 286 g/mol. The molecule has 1 aromatic rings. The molecule has 0 saturated carbocycles. The van der Waals surface area contributed by atoms with Crippen molar-refractivity contribution in [3.05, 3.63) is 71.5 Å². The van der Waals surface area contributed by atoms with Gasteiger partial charge in [-0.05, 0) is 12.2 Å². The minimum Gasteiger partial charge on any atom is -0.496 e. The van der Waals surface area contributed by atoms with Gasteiger partial charge in [-0.3, -0.25) is 4.79 Å². The molecular weight excluding hydrogens is 268 g/mol. The maximum Gasteiger partial charge on any atom is 0.192 e. The highest BCUT2D eigenvalue weighted by Crippen LogP contribution is 2.28. The van der Waals surface area contributed by atoms with Crippen molar-refractivity contribution in [2.45, 2.75) is 12.2 Å². The van der Waals surface area contributed by atoms with Crippen LogP contribution in [-0.2, 0) is 9.47 Å². The van der Waals surface area contributed by atoms with Gasteiger partial charge in [0.05, 0.1) is 7.11 Å². The van der Waals surface area contributed by atoms with Crippen LogP contribution in [0.4, 0.5) is 0 Å². The number of ketones is 1. The smallest absolute Gasteiger partial charge is 0.192 e. The predicted molar refractivity (Wildman–Crippen MR) is 79.7 cm³/mol. The normalized spacial score (nSPS) is 21.9. The van der Waals surface area contributed by atoms with E-state index in [0.29, 0.717) is 17.7 Å². The number of hydrogen-bond donors (Lipinski definition) is 1. The third kappa shape index (κ3) is 3.68. The first-order valence-corrected chi connectivity index (χ1v) is 6.60. The Labute approximate surface area is 124 Å². The Bertz CT molecular complexity index is 598. The SMILES string of the molecule is COC1=CC(O)(OC)CC=C1C=CC(=O)c1ccccc1. The number of benzene rings is 1. The lowest BCUT2D eigenvalue weighted by Gasteiger charge is -2.26. The molecule has 21 heavy (non-hydrogen) atoms. The van der Waals surface area contributed by atoms with Crippen LogP contribution in [0.1, 0.15) is 16.8 Å². The Morgan fingerprint density at radius 3 is 2.62 bits per heavy atom. The van der Waals surface area contributed by atoms with E-state index in [4.69, 9.17) is 9.47 Å². The molecule has 110 valence electrons. The van der Waals surface area contributed by atoms with Gasteiger partial charge >= 0.3 is 0 Å². The van der Waals surface area contributed by atoms with Gasteiger partial charge in [-0.25, -0.2) is 0 Å². The highest BCUT2D eigenvalue weighted by atomic mass is 16.6.